The average molecular weight is 273 g/mol. The van der Waals surface area contributed by atoms with Crippen molar-refractivity contribution in [1.29, 1.82) is 0 Å². The van der Waals surface area contributed by atoms with Crippen molar-refractivity contribution in [2.45, 2.75) is 0 Å². The zero-order valence-corrected chi connectivity index (χ0v) is 12.1. The van der Waals surface area contributed by atoms with Crippen LogP contribution >= 0.6 is 11.6 Å². The van der Waals surface area contributed by atoms with Crippen LogP contribution in [0.1, 0.15) is 0 Å². The van der Waals surface area contributed by atoms with Crippen LogP contribution in [0.4, 0.5) is 0 Å². The van der Waals surface area contributed by atoms with Gasteiger partial charge in [0.1, 0.15) is 19.3 Å². The smallest absolute Gasteiger partial charge is 0.162 e. The van der Waals surface area contributed by atoms with Crippen molar-refractivity contribution in [1.82, 2.24) is 4.90 Å². The summed E-state index contributed by atoms with van der Waals surface area (Å²) in [6.45, 7) is 0. The van der Waals surface area contributed by atoms with Crippen LogP contribution in [0.25, 0.3) is 0 Å². The van der Waals surface area contributed by atoms with Crippen LogP contribution in [0.3, 0.4) is 0 Å². The van der Waals surface area contributed by atoms with E-state index in [4.69, 9.17) is 11.6 Å². The molecule has 1 rings (SSSR count). The highest BCUT2D eigenvalue weighted by atomic mass is 35.5. The highest BCUT2D eigenvalue weighted by molar-refractivity contribution is 6.30. The highest BCUT2D eigenvalue weighted by Gasteiger charge is 2.10. The molecule has 17 heavy (non-hydrogen) atoms. The number of rotatable bonds is 3. The first kappa shape index (κ1) is 16.0. The maximum atomic E-state index is 6.22. The number of nitrogens with zero attached hydrogens (tertiary/aromatic N) is 2. The van der Waals surface area contributed by atoms with Crippen LogP contribution in [0.15, 0.2) is 46.7 Å². The van der Waals surface area contributed by atoms with Gasteiger partial charge in [0.15, 0.2) is 6.21 Å². The monoisotopic (exact) mass is 272 g/mol. The van der Waals surface area contributed by atoms with Crippen LogP contribution < -0.4 is 12.4 Å². The lowest BCUT2D eigenvalue weighted by atomic mass is 10.1. The molecule has 0 aromatic carbocycles. The Labute approximate surface area is 115 Å². The molecule has 0 amide bonds. The molecule has 0 atom stereocenters. The van der Waals surface area contributed by atoms with Gasteiger partial charge >= 0.3 is 0 Å². The van der Waals surface area contributed by atoms with Gasteiger partial charge in [0.05, 0.1) is 0 Å². The van der Waals surface area contributed by atoms with E-state index >= 15 is 0 Å². The van der Waals surface area contributed by atoms with Gasteiger partial charge < -0.3 is 17.3 Å². The number of halogens is 2. The molecule has 1 aliphatic carbocycles. The third-order valence-electron chi connectivity index (χ3n) is 2.12. The predicted octanol–water partition coefficient (Wildman–Crippen LogP) is -0.602. The second-order valence-corrected chi connectivity index (χ2v) is 4.41. The van der Waals surface area contributed by atoms with E-state index in [2.05, 4.69) is 12.2 Å². The van der Waals surface area contributed by atoms with Crippen molar-refractivity contribution in [3.8, 4) is 0 Å². The molecule has 0 radical (unpaired) electrons. The summed E-state index contributed by atoms with van der Waals surface area (Å²) in [6.07, 6.45) is 12.2. The molecule has 2 nitrogen and oxygen atoms in total. The van der Waals surface area contributed by atoms with Crippen LogP contribution in [0, 0.1) is 0 Å². The summed E-state index contributed by atoms with van der Waals surface area (Å²) >= 11 is 6.22. The molecular formula is C13H18Cl2N2. The van der Waals surface area contributed by atoms with E-state index < -0.39 is 0 Å². The summed E-state index contributed by atoms with van der Waals surface area (Å²) in [5.74, 6) is 0. The lowest BCUT2D eigenvalue weighted by Gasteiger charge is -2.13. The largest absolute Gasteiger partial charge is 1.00 e. The SMILES string of the molecule is CN(C)/C(Cl)=C1\C=CC=C1/C=C/C=[N+](C)C.[Cl-]. The summed E-state index contributed by atoms with van der Waals surface area (Å²) in [5.41, 5.74) is 2.20. The fourth-order valence-electron chi connectivity index (χ4n) is 1.33. The van der Waals surface area contributed by atoms with Gasteiger partial charge in [0.25, 0.3) is 0 Å². The third-order valence-corrected chi connectivity index (χ3v) is 2.67. The van der Waals surface area contributed by atoms with Crippen molar-refractivity contribution in [2.75, 3.05) is 28.2 Å². The highest BCUT2D eigenvalue weighted by Crippen LogP contribution is 2.26. The predicted molar refractivity (Wildman–Crippen MR) is 71.1 cm³/mol. The van der Waals surface area contributed by atoms with Crippen LogP contribution in [0.5, 0.6) is 0 Å². The van der Waals surface area contributed by atoms with E-state index in [-0.39, 0.29) is 12.4 Å². The zero-order chi connectivity index (χ0) is 12.1. The fourth-order valence-corrected chi connectivity index (χ4v) is 1.50. The van der Waals surface area contributed by atoms with Crippen molar-refractivity contribution in [3.05, 3.63) is 46.7 Å². The topological polar surface area (TPSA) is 6.25 Å². The van der Waals surface area contributed by atoms with E-state index in [1.54, 1.807) is 0 Å². The molecule has 0 saturated heterocycles. The zero-order valence-electron chi connectivity index (χ0n) is 10.6. The Morgan fingerprint density at radius 3 is 2.53 bits per heavy atom. The van der Waals surface area contributed by atoms with Gasteiger partial charge in [-0.1, -0.05) is 29.8 Å². The Hall–Kier alpha value is -0.990. The molecule has 4 heteroatoms. The molecule has 0 aromatic heterocycles. The summed E-state index contributed by atoms with van der Waals surface area (Å²) < 4.78 is 2.00. The van der Waals surface area contributed by atoms with Crippen molar-refractivity contribution in [2.24, 2.45) is 0 Å². The van der Waals surface area contributed by atoms with E-state index in [0.29, 0.717) is 0 Å². The normalized spacial score (nSPS) is 16.6. The Balaban J connectivity index is 0.00000256. The average Bonchev–Trinajstić information content (AvgIpc) is 2.64. The van der Waals surface area contributed by atoms with Crippen LogP contribution in [-0.4, -0.2) is 43.9 Å². The Morgan fingerprint density at radius 1 is 1.35 bits per heavy atom. The standard InChI is InChI=1S/C13H18ClN2.ClH/c1-15(2)10-6-8-11-7-5-9-12(11)13(14)16(3)4;/h5-10H,1-4H3;1H/q+1;/p-1. The molecule has 0 fully saturated rings. The summed E-state index contributed by atoms with van der Waals surface area (Å²) in [6, 6.07) is 0. The maximum absolute atomic E-state index is 6.22. The third kappa shape index (κ3) is 4.80. The molecule has 0 unspecified atom stereocenters. The van der Waals surface area contributed by atoms with Gasteiger partial charge in [-0.05, 0) is 11.6 Å². The van der Waals surface area contributed by atoms with Gasteiger partial charge in [-0.25, -0.2) is 4.58 Å². The lowest BCUT2D eigenvalue weighted by Crippen LogP contribution is -3.00. The molecule has 94 valence electrons. The molecule has 1 aliphatic rings. The second kappa shape index (κ2) is 7.36. The molecule has 0 saturated carbocycles. The molecular weight excluding hydrogens is 255 g/mol. The fraction of sp³-hybridized carbons (Fsp3) is 0.308. The minimum Gasteiger partial charge on any atom is -1.00 e. The first-order valence-corrected chi connectivity index (χ1v) is 5.54. The van der Waals surface area contributed by atoms with Gasteiger partial charge in [-0.15, -0.1) is 0 Å². The van der Waals surface area contributed by atoms with E-state index in [1.165, 1.54) is 0 Å². The van der Waals surface area contributed by atoms with Gasteiger partial charge in [0.2, 0.25) is 0 Å². The van der Waals surface area contributed by atoms with E-state index in [9.17, 15) is 0 Å². The Morgan fingerprint density at radius 2 is 2.00 bits per heavy atom. The Kier molecular flexibility index (Phi) is 6.93. The molecule has 0 bridgehead atoms. The molecule has 0 aliphatic heterocycles. The first-order chi connectivity index (χ1) is 7.52. The maximum Gasteiger partial charge on any atom is 0.162 e. The number of hydrogen-bond donors (Lipinski definition) is 0. The lowest BCUT2D eigenvalue weighted by molar-refractivity contribution is -0.458. The quantitative estimate of drug-likeness (QED) is 0.378. The van der Waals surface area contributed by atoms with Gasteiger partial charge in [0, 0.05) is 25.7 Å². The number of hydrogen-bond acceptors (Lipinski definition) is 1. The van der Waals surface area contributed by atoms with E-state index in [0.717, 1.165) is 16.3 Å². The van der Waals surface area contributed by atoms with Crippen LogP contribution in [-0.2, 0) is 0 Å². The van der Waals surface area contributed by atoms with Crippen LogP contribution in [0.2, 0.25) is 0 Å². The molecule has 0 heterocycles. The van der Waals surface area contributed by atoms with Crippen molar-refractivity contribution in [3.63, 3.8) is 0 Å². The summed E-state index contributed by atoms with van der Waals surface area (Å²) in [5, 5.41) is 0.759. The Bertz CT molecular complexity index is 409. The van der Waals surface area contributed by atoms with Gasteiger partial charge in [-0.3, -0.25) is 0 Å². The summed E-state index contributed by atoms with van der Waals surface area (Å²) in [7, 11) is 7.87. The second-order valence-electron chi connectivity index (χ2n) is 4.05. The number of allylic oxidation sites excluding steroid dienone is 7. The summed E-state index contributed by atoms with van der Waals surface area (Å²) in [4.78, 5) is 1.91. The van der Waals surface area contributed by atoms with Crippen molar-refractivity contribution >= 4 is 17.8 Å². The minimum atomic E-state index is 0. The molecule has 0 N–H and O–H groups in total. The van der Waals surface area contributed by atoms with Crippen molar-refractivity contribution < 1.29 is 17.0 Å². The first-order valence-electron chi connectivity index (χ1n) is 5.16. The molecule has 0 spiro atoms. The van der Waals surface area contributed by atoms with Gasteiger partial charge in [-0.2, -0.15) is 0 Å². The minimum absolute atomic E-state index is 0. The van der Waals surface area contributed by atoms with E-state index in [1.807, 2.05) is 62.1 Å². The molecule has 0 aromatic rings.